The van der Waals surface area contributed by atoms with Crippen LogP contribution in [0.3, 0.4) is 0 Å². The number of oxazole rings is 1. The molecule has 25 heavy (non-hydrogen) atoms. The number of carbonyl (C=O) groups is 1. The summed E-state index contributed by atoms with van der Waals surface area (Å²) < 4.78 is 5.86. The number of fused-ring (bicyclic) bond motifs is 1. The maximum absolute atomic E-state index is 11.5. The molecule has 0 bridgehead atoms. The summed E-state index contributed by atoms with van der Waals surface area (Å²) in [5.74, 6) is 0.565. The molecule has 0 spiro atoms. The number of benzene rings is 2. The van der Waals surface area contributed by atoms with Gasteiger partial charge in [-0.1, -0.05) is 6.92 Å². The van der Waals surface area contributed by atoms with Crippen LogP contribution >= 0.6 is 0 Å². The van der Waals surface area contributed by atoms with Gasteiger partial charge in [0.15, 0.2) is 5.58 Å². The number of aromatic nitrogens is 1. The summed E-state index contributed by atoms with van der Waals surface area (Å²) in [5.41, 5.74) is 4.30. The van der Waals surface area contributed by atoms with Crippen molar-refractivity contribution in [1.29, 1.82) is 0 Å². The van der Waals surface area contributed by atoms with E-state index >= 15 is 0 Å². The highest BCUT2D eigenvalue weighted by Gasteiger charge is 2.10. The van der Waals surface area contributed by atoms with Crippen LogP contribution in [0.1, 0.15) is 27.2 Å². The third kappa shape index (κ3) is 3.65. The summed E-state index contributed by atoms with van der Waals surface area (Å²) >= 11 is 0. The van der Waals surface area contributed by atoms with Crippen LogP contribution in [0.15, 0.2) is 46.9 Å². The summed E-state index contributed by atoms with van der Waals surface area (Å²) in [6.07, 6.45) is 0.445. The Morgan fingerprint density at radius 2 is 1.80 bits per heavy atom. The second-order valence-electron chi connectivity index (χ2n) is 5.82. The van der Waals surface area contributed by atoms with Gasteiger partial charge < -0.3 is 14.6 Å². The molecule has 0 aliphatic heterocycles. The topological polar surface area (TPSA) is 58.4 Å². The average Bonchev–Trinajstić information content (AvgIpc) is 3.06. The first-order chi connectivity index (χ1) is 12.1. The Morgan fingerprint density at radius 3 is 2.44 bits per heavy atom. The number of nitrogens with zero attached hydrogens (tertiary/aromatic N) is 2. The van der Waals surface area contributed by atoms with E-state index in [4.69, 9.17) is 4.42 Å². The maximum atomic E-state index is 11.5. The number of rotatable bonds is 6. The first-order valence-electron chi connectivity index (χ1n) is 8.70. The molecule has 0 saturated carbocycles. The van der Waals surface area contributed by atoms with Crippen LogP contribution < -0.4 is 10.2 Å². The fourth-order valence-electron chi connectivity index (χ4n) is 2.78. The van der Waals surface area contributed by atoms with Gasteiger partial charge in [0.2, 0.25) is 11.8 Å². The van der Waals surface area contributed by atoms with E-state index in [2.05, 4.69) is 41.2 Å². The van der Waals surface area contributed by atoms with E-state index < -0.39 is 0 Å². The zero-order chi connectivity index (χ0) is 17.8. The number of hydrogen-bond donors (Lipinski definition) is 1. The average molecular weight is 337 g/mol. The Labute approximate surface area is 147 Å². The summed E-state index contributed by atoms with van der Waals surface area (Å²) in [5, 5.41) is 2.84. The second-order valence-corrected chi connectivity index (χ2v) is 5.82. The molecule has 0 atom stereocenters. The lowest BCUT2D eigenvalue weighted by Crippen LogP contribution is -2.21. The second kappa shape index (κ2) is 7.38. The first-order valence-corrected chi connectivity index (χ1v) is 8.70. The lowest BCUT2D eigenvalue weighted by atomic mass is 10.2. The molecule has 5 heteroatoms. The van der Waals surface area contributed by atoms with Gasteiger partial charge in [-0.3, -0.25) is 4.79 Å². The molecule has 0 unspecified atom stereocenters. The third-order valence-corrected chi connectivity index (χ3v) is 4.24. The van der Waals surface area contributed by atoms with Crippen LogP contribution in [0, 0.1) is 0 Å². The molecule has 0 radical (unpaired) electrons. The zero-order valence-corrected chi connectivity index (χ0v) is 14.9. The normalized spacial score (nSPS) is 10.8. The summed E-state index contributed by atoms with van der Waals surface area (Å²) in [6, 6.07) is 13.7. The Hall–Kier alpha value is -2.82. The zero-order valence-electron chi connectivity index (χ0n) is 14.9. The smallest absolute Gasteiger partial charge is 0.227 e. The first kappa shape index (κ1) is 17.0. The molecular formula is C20H23N3O2. The van der Waals surface area contributed by atoms with Crippen molar-refractivity contribution in [2.24, 2.45) is 0 Å². The molecule has 0 aliphatic carbocycles. The molecule has 1 heterocycles. The molecule has 1 N–H and O–H groups in total. The minimum absolute atomic E-state index is 0.0185. The number of amides is 1. The summed E-state index contributed by atoms with van der Waals surface area (Å²) in [4.78, 5) is 18.4. The van der Waals surface area contributed by atoms with E-state index in [1.165, 1.54) is 5.69 Å². The molecule has 3 rings (SSSR count). The van der Waals surface area contributed by atoms with E-state index in [9.17, 15) is 4.79 Å². The fraction of sp³-hybridized carbons (Fsp3) is 0.300. The van der Waals surface area contributed by atoms with Gasteiger partial charge in [0.25, 0.3) is 0 Å². The van der Waals surface area contributed by atoms with Gasteiger partial charge >= 0.3 is 0 Å². The van der Waals surface area contributed by atoms with Crippen LogP contribution in [0.5, 0.6) is 0 Å². The predicted molar refractivity (Wildman–Crippen MR) is 102 cm³/mol. The van der Waals surface area contributed by atoms with Crippen molar-refractivity contribution in [1.82, 2.24) is 4.98 Å². The monoisotopic (exact) mass is 337 g/mol. The molecule has 3 aromatic rings. The van der Waals surface area contributed by atoms with Crippen LogP contribution in [-0.2, 0) is 4.79 Å². The highest BCUT2D eigenvalue weighted by atomic mass is 16.3. The minimum atomic E-state index is -0.0185. The number of nitrogens with one attached hydrogen (secondary N) is 1. The quantitative estimate of drug-likeness (QED) is 0.709. The number of anilines is 2. The van der Waals surface area contributed by atoms with Gasteiger partial charge in [0, 0.05) is 36.4 Å². The van der Waals surface area contributed by atoms with Gasteiger partial charge in [-0.25, -0.2) is 4.98 Å². The molecular weight excluding hydrogens is 314 g/mol. The van der Waals surface area contributed by atoms with E-state index in [0.717, 1.165) is 29.9 Å². The van der Waals surface area contributed by atoms with Crippen molar-refractivity contribution in [3.8, 4) is 11.5 Å². The highest BCUT2D eigenvalue weighted by Crippen LogP contribution is 2.27. The molecule has 0 saturated heterocycles. The van der Waals surface area contributed by atoms with Crippen LogP contribution in [0.4, 0.5) is 11.4 Å². The molecule has 0 aliphatic rings. The standard InChI is InChI=1S/C20H23N3O2/c1-4-19(24)21-15-9-12-18-17(13-15)22-20(25-18)14-7-10-16(11-8-14)23(5-2)6-3/h7-13H,4-6H2,1-3H3,(H,21,24). The lowest BCUT2D eigenvalue weighted by Gasteiger charge is -2.20. The molecule has 1 amide bonds. The van der Waals surface area contributed by atoms with Gasteiger partial charge in [-0.05, 0) is 56.3 Å². The Bertz CT molecular complexity index is 864. The van der Waals surface area contributed by atoms with Gasteiger partial charge in [0.05, 0.1) is 0 Å². The van der Waals surface area contributed by atoms with E-state index in [1.54, 1.807) is 0 Å². The van der Waals surface area contributed by atoms with Gasteiger partial charge in [-0.15, -0.1) is 0 Å². The van der Waals surface area contributed by atoms with Crippen LogP contribution in [0.2, 0.25) is 0 Å². The Kier molecular flexibility index (Phi) is 5.03. The van der Waals surface area contributed by atoms with Gasteiger partial charge in [0.1, 0.15) is 5.52 Å². The van der Waals surface area contributed by atoms with Crippen molar-refractivity contribution >= 4 is 28.4 Å². The van der Waals surface area contributed by atoms with Crippen molar-refractivity contribution in [2.45, 2.75) is 27.2 Å². The van der Waals surface area contributed by atoms with Crippen LogP contribution in [-0.4, -0.2) is 24.0 Å². The fourth-order valence-corrected chi connectivity index (χ4v) is 2.78. The lowest BCUT2D eigenvalue weighted by molar-refractivity contribution is -0.115. The predicted octanol–water partition coefficient (Wildman–Crippen LogP) is 4.69. The van der Waals surface area contributed by atoms with Gasteiger partial charge in [-0.2, -0.15) is 0 Å². The van der Waals surface area contributed by atoms with Crippen molar-refractivity contribution in [3.63, 3.8) is 0 Å². The Balaban J connectivity index is 1.87. The third-order valence-electron chi connectivity index (χ3n) is 4.24. The maximum Gasteiger partial charge on any atom is 0.227 e. The largest absolute Gasteiger partial charge is 0.436 e. The highest BCUT2D eigenvalue weighted by molar-refractivity contribution is 5.92. The molecule has 1 aromatic heterocycles. The Morgan fingerprint density at radius 1 is 1.08 bits per heavy atom. The SMILES string of the molecule is CCC(=O)Nc1ccc2oc(-c3ccc(N(CC)CC)cc3)nc2c1. The van der Waals surface area contributed by atoms with E-state index in [0.29, 0.717) is 17.9 Å². The van der Waals surface area contributed by atoms with Crippen LogP contribution in [0.25, 0.3) is 22.6 Å². The molecule has 2 aromatic carbocycles. The number of carbonyl (C=O) groups excluding carboxylic acids is 1. The van der Waals surface area contributed by atoms with Crippen molar-refractivity contribution in [2.75, 3.05) is 23.3 Å². The van der Waals surface area contributed by atoms with E-state index in [-0.39, 0.29) is 5.91 Å². The molecule has 0 fully saturated rings. The van der Waals surface area contributed by atoms with E-state index in [1.807, 2.05) is 37.3 Å². The summed E-state index contributed by atoms with van der Waals surface area (Å²) in [7, 11) is 0. The van der Waals surface area contributed by atoms with Crippen molar-refractivity contribution < 1.29 is 9.21 Å². The summed E-state index contributed by atoms with van der Waals surface area (Å²) in [6.45, 7) is 8.07. The minimum Gasteiger partial charge on any atom is -0.436 e. The molecule has 130 valence electrons. The van der Waals surface area contributed by atoms with Crippen molar-refractivity contribution in [3.05, 3.63) is 42.5 Å². The number of hydrogen-bond acceptors (Lipinski definition) is 4. The molecule has 5 nitrogen and oxygen atoms in total.